The Balaban J connectivity index is 2.10. The molecule has 192 valence electrons. The van der Waals surface area contributed by atoms with Gasteiger partial charge in [-0.25, -0.2) is 13.2 Å². The second-order valence-corrected chi connectivity index (χ2v) is 7.72. The third-order valence-electron chi connectivity index (χ3n) is 4.91. The van der Waals surface area contributed by atoms with E-state index in [4.69, 9.17) is 0 Å². The lowest BCUT2D eigenvalue weighted by Crippen LogP contribution is -2.57. The van der Waals surface area contributed by atoms with E-state index in [0.717, 1.165) is 29.8 Å². The first-order valence-electron chi connectivity index (χ1n) is 10.1. The van der Waals surface area contributed by atoms with E-state index < -0.39 is 53.9 Å². The molecule has 0 radical (unpaired) electrons. The molecule has 0 bridgehead atoms. The predicted molar refractivity (Wildman–Crippen MR) is 114 cm³/mol. The molecule has 2 aromatic heterocycles. The van der Waals surface area contributed by atoms with E-state index in [1.807, 2.05) is 0 Å². The van der Waals surface area contributed by atoms with Crippen LogP contribution in [0, 0.1) is 0 Å². The van der Waals surface area contributed by atoms with Gasteiger partial charge in [0.1, 0.15) is 29.6 Å². The lowest BCUT2D eigenvalue weighted by molar-refractivity contribution is -0.274. The first-order chi connectivity index (χ1) is 16.8. The summed E-state index contributed by atoms with van der Waals surface area (Å²) in [6, 6.07) is 5.68. The zero-order valence-corrected chi connectivity index (χ0v) is 18.3. The van der Waals surface area contributed by atoms with Crippen LogP contribution in [0.1, 0.15) is 17.3 Å². The van der Waals surface area contributed by atoms with Gasteiger partial charge in [-0.3, -0.25) is 14.6 Å². The van der Waals surface area contributed by atoms with E-state index in [2.05, 4.69) is 14.8 Å². The van der Waals surface area contributed by atoms with Gasteiger partial charge in [0.2, 0.25) is 0 Å². The number of rotatable bonds is 8. The highest BCUT2D eigenvalue weighted by Gasteiger charge is 2.40. The zero-order chi connectivity index (χ0) is 26.7. The Morgan fingerprint density at radius 2 is 1.86 bits per heavy atom. The van der Waals surface area contributed by atoms with Crippen molar-refractivity contribution in [2.45, 2.75) is 31.4 Å². The number of halogens is 6. The Bertz CT molecular complexity index is 1260. The number of alkyl halides is 6. The Hall–Kier alpha value is -3.94. The average molecular weight is 516 g/mol. The van der Waals surface area contributed by atoms with Crippen LogP contribution >= 0.6 is 0 Å². The molecule has 0 fully saturated rings. The number of carbonyl (C=O) groups is 1. The first kappa shape index (κ1) is 26.7. The summed E-state index contributed by atoms with van der Waals surface area (Å²) in [7, 11) is 0. The number of ether oxygens (including phenoxy) is 1. The number of hydrogen-bond donors (Lipinski definition) is 2. The number of pyridine rings is 1. The van der Waals surface area contributed by atoms with Gasteiger partial charge < -0.3 is 15.2 Å². The van der Waals surface area contributed by atoms with Crippen LogP contribution in [0.2, 0.25) is 0 Å². The van der Waals surface area contributed by atoms with Crippen molar-refractivity contribution in [3.63, 3.8) is 0 Å². The lowest BCUT2D eigenvalue weighted by Gasteiger charge is -2.30. The van der Waals surface area contributed by atoms with E-state index in [-0.39, 0.29) is 16.9 Å². The maximum atomic E-state index is 13.5. The summed E-state index contributed by atoms with van der Waals surface area (Å²) in [4.78, 5) is 29.7. The van der Waals surface area contributed by atoms with Crippen LogP contribution in [0.4, 0.5) is 26.3 Å². The normalized spacial score (nSPS) is 14.2. The summed E-state index contributed by atoms with van der Waals surface area (Å²) in [6.07, 6.45) is -5.71. The number of aromatic nitrogens is 3. The van der Waals surface area contributed by atoms with E-state index in [1.165, 1.54) is 36.7 Å². The van der Waals surface area contributed by atoms with Gasteiger partial charge >= 0.3 is 6.36 Å². The SMILES string of the molecule is CC(O)(CF)[C@H](NC(=O)c1cc(-c2ccc(OC(F)(F)F)cc2)nn(-c2cccnc2)c1=O)C(F)F. The van der Waals surface area contributed by atoms with Crippen LogP contribution < -0.4 is 15.6 Å². The fraction of sp³-hybridized carbons (Fsp3) is 0.273. The summed E-state index contributed by atoms with van der Waals surface area (Å²) in [5.41, 5.74) is -4.30. The molecule has 1 aromatic carbocycles. The fourth-order valence-corrected chi connectivity index (χ4v) is 3.07. The molecule has 0 saturated carbocycles. The number of nitrogens with zero attached hydrogens (tertiary/aromatic N) is 3. The van der Waals surface area contributed by atoms with Crippen LogP contribution in [0.15, 0.2) is 59.7 Å². The van der Waals surface area contributed by atoms with Crippen molar-refractivity contribution < 1.29 is 41.0 Å². The Labute approximate surface area is 199 Å². The standard InChI is InChI=1S/C22H18F6N4O4/c1-21(35,11-23)17(18(24)25)30-19(33)15-9-16(12-4-6-14(7-5-12)36-22(26,27)28)31-32(20(15)34)13-3-2-8-29-10-13/h2-10,17-18,35H,11H2,1H3,(H,30,33)/t17-,21?/m1/s1. The van der Waals surface area contributed by atoms with Crippen molar-refractivity contribution in [3.05, 3.63) is 70.8 Å². The topological polar surface area (TPSA) is 106 Å². The average Bonchev–Trinajstić information content (AvgIpc) is 2.82. The lowest BCUT2D eigenvalue weighted by atomic mass is 9.98. The molecule has 3 rings (SSSR count). The molecule has 2 atom stereocenters. The van der Waals surface area contributed by atoms with Gasteiger partial charge in [-0.2, -0.15) is 9.78 Å². The third-order valence-corrected chi connectivity index (χ3v) is 4.91. The van der Waals surface area contributed by atoms with Gasteiger partial charge in [-0.15, -0.1) is 13.2 Å². The van der Waals surface area contributed by atoms with Crippen molar-refractivity contribution in [3.8, 4) is 22.7 Å². The molecular weight excluding hydrogens is 498 g/mol. The van der Waals surface area contributed by atoms with Gasteiger partial charge in [-0.1, -0.05) is 0 Å². The molecule has 1 unspecified atom stereocenters. The molecule has 1 amide bonds. The quantitative estimate of drug-likeness (QED) is 0.446. The molecule has 0 saturated heterocycles. The van der Waals surface area contributed by atoms with Crippen molar-refractivity contribution in [2.75, 3.05) is 6.67 Å². The second kappa shape index (κ2) is 10.4. The monoisotopic (exact) mass is 516 g/mol. The summed E-state index contributed by atoms with van der Waals surface area (Å²) < 4.78 is 81.9. The van der Waals surface area contributed by atoms with Gasteiger partial charge in [0, 0.05) is 11.8 Å². The highest BCUT2D eigenvalue weighted by Crippen LogP contribution is 2.26. The van der Waals surface area contributed by atoms with E-state index in [1.54, 1.807) is 5.32 Å². The summed E-state index contributed by atoms with van der Waals surface area (Å²) >= 11 is 0. The Morgan fingerprint density at radius 3 is 2.39 bits per heavy atom. The van der Waals surface area contributed by atoms with Crippen LogP contribution in [0.5, 0.6) is 5.75 Å². The van der Waals surface area contributed by atoms with E-state index in [9.17, 15) is 41.0 Å². The van der Waals surface area contributed by atoms with E-state index in [0.29, 0.717) is 0 Å². The van der Waals surface area contributed by atoms with Gasteiger partial charge in [-0.05, 0) is 49.4 Å². The third kappa shape index (κ3) is 6.19. The first-order valence-corrected chi connectivity index (χ1v) is 10.1. The van der Waals surface area contributed by atoms with Crippen molar-refractivity contribution in [1.82, 2.24) is 20.1 Å². The number of benzene rings is 1. The highest BCUT2D eigenvalue weighted by molar-refractivity contribution is 5.95. The fourth-order valence-electron chi connectivity index (χ4n) is 3.07. The number of nitrogens with one attached hydrogen (secondary N) is 1. The summed E-state index contributed by atoms with van der Waals surface area (Å²) in [5, 5.41) is 15.8. The largest absolute Gasteiger partial charge is 0.573 e. The smallest absolute Gasteiger partial charge is 0.406 e. The van der Waals surface area contributed by atoms with Crippen LogP contribution in [-0.2, 0) is 0 Å². The molecule has 3 aromatic rings. The molecule has 2 heterocycles. The van der Waals surface area contributed by atoms with E-state index >= 15 is 0 Å². The molecule has 0 aliphatic rings. The van der Waals surface area contributed by atoms with Crippen LogP contribution in [-0.4, -0.2) is 56.9 Å². The van der Waals surface area contributed by atoms with Crippen molar-refractivity contribution in [1.29, 1.82) is 0 Å². The number of carbonyl (C=O) groups excluding carboxylic acids is 1. The number of hydrogen-bond acceptors (Lipinski definition) is 6. The van der Waals surface area contributed by atoms with Crippen LogP contribution in [0.3, 0.4) is 0 Å². The van der Waals surface area contributed by atoms with Gasteiger partial charge in [0.05, 0.1) is 17.6 Å². The van der Waals surface area contributed by atoms with Gasteiger partial charge in [0.25, 0.3) is 17.9 Å². The minimum Gasteiger partial charge on any atom is -0.406 e. The summed E-state index contributed by atoms with van der Waals surface area (Å²) in [5.74, 6) is -1.91. The molecule has 0 spiro atoms. The van der Waals surface area contributed by atoms with Crippen molar-refractivity contribution >= 4 is 5.91 Å². The van der Waals surface area contributed by atoms with Gasteiger partial charge in [0.15, 0.2) is 0 Å². The zero-order valence-electron chi connectivity index (χ0n) is 18.3. The minimum atomic E-state index is -4.93. The molecule has 8 nitrogen and oxygen atoms in total. The second-order valence-electron chi connectivity index (χ2n) is 7.72. The number of aliphatic hydroxyl groups is 1. The van der Waals surface area contributed by atoms with Crippen molar-refractivity contribution in [2.24, 2.45) is 0 Å². The summed E-state index contributed by atoms with van der Waals surface area (Å²) in [6.45, 7) is -0.864. The van der Waals surface area contributed by atoms with Crippen LogP contribution in [0.25, 0.3) is 16.9 Å². The minimum absolute atomic E-state index is 0.0802. The Morgan fingerprint density at radius 1 is 1.19 bits per heavy atom. The Kier molecular flexibility index (Phi) is 7.67. The molecule has 36 heavy (non-hydrogen) atoms. The molecule has 0 aliphatic heterocycles. The maximum Gasteiger partial charge on any atom is 0.573 e. The molecule has 2 N–H and O–H groups in total. The molecular formula is C22H18F6N4O4. The highest BCUT2D eigenvalue weighted by atomic mass is 19.4. The molecule has 0 aliphatic carbocycles. The maximum absolute atomic E-state index is 13.5. The molecule has 14 heteroatoms. The number of amides is 1. The predicted octanol–water partition coefficient (Wildman–Crippen LogP) is 3.28.